The van der Waals surface area contributed by atoms with Gasteiger partial charge in [0.05, 0.1) is 29.0 Å². The number of cyclic esters (lactones) is 1. The second-order valence-corrected chi connectivity index (χ2v) is 17.4. The number of esters is 1. The fourth-order valence-electron chi connectivity index (χ4n) is 9.04. The number of aromatic nitrogens is 2. The van der Waals surface area contributed by atoms with Gasteiger partial charge < -0.3 is 41.4 Å². The molecule has 65 heavy (non-hydrogen) atoms. The minimum absolute atomic E-state index is 0.0283. The number of rotatable bonds is 18. The Kier molecular flexibility index (Phi) is 13.3. The van der Waals surface area contributed by atoms with Gasteiger partial charge in [0.15, 0.2) is 5.60 Å². The summed E-state index contributed by atoms with van der Waals surface area (Å²) in [5, 5.41) is 23.1. The van der Waals surface area contributed by atoms with Crippen LogP contribution in [0.5, 0.6) is 0 Å². The number of pyridine rings is 2. The highest BCUT2D eigenvalue weighted by atomic mass is 16.6. The van der Waals surface area contributed by atoms with E-state index in [0.717, 1.165) is 33.4 Å². The standard InChI is InChI=1S/C46H54N8O11/c1-5-46(64)29-20-33-40-27(21-54(33)44(62)28(29)22-65-45(46)63)25-10-9-11-26-30(13-14-31(50-40)38(25)26)51-41(59)24(4)48-43(61)39(23(2)3)52-42(60)32(15-16-34(47)55)49-35(56)12-7-6-8-19-53-36(57)17-18-37(53)58/h13-14,17-18,20,23-24,32,39,64H,5-12,15-16,19,21-22H2,1-4H3,(H2,47,55)(H,48,61)(H,49,56)(H,51,59)(H,52,60)/t24-,32?,39-,46-/m0/s1. The molecule has 0 saturated carbocycles. The van der Waals surface area contributed by atoms with Gasteiger partial charge in [-0.2, -0.15) is 0 Å². The smallest absolute Gasteiger partial charge is 0.343 e. The van der Waals surface area contributed by atoms with Crippen LogP contribution in [-0.4, -0.2) is 91.5 Å². The number of ether oxygens (including phenoxy) is 1. The number of hydrogen-bond donors (Lipinski definition) is 6. The van der Waals surface area contributed by atoms with Crippen LogP contribution in [0.25, 0.3) is 22.3 Å². The van der Waals surface area contributed by atoms with Gasteiger partial charge in [-0.05, 0) is 87.1 Å². The lowest BCUT2D eigenvalue weighted by Crippen LogP contribution is -2.57. The molecule has 4 aliphatic rings. The lowest BCUT2D eigenvalue weighted by Gasteiger charge is -2.31. The first-order valence-corrected chi connectivity index (χ1v) is 22.1. The number of nitrogens with two attached hydrogens (primary N) is 1. The Hall–Kier alpha value is -6.76. The van der Waals surface area contributed by atoms with Gasteiger partial charge in [-0.1, -0.05) is 27.2 Å². The topological polar surface area (TPSA) is 278 Å². The van der Waals surface area contributed by atoms with Crippen molar-refractivity contribution < 1.29 is 48.2 Å². The summed E-state index contributed by atoms with van der Waals surface area (Å²) in [5.74, 6) is -5.05. The molecule has 3 aromatic rings. The quantitative estimate of drug-likeness (QED) is 0.0470. The normalized spacial score (nSPS) is 18.4. The van der Waals surface area contributed by atoms with E-state index >= 15 is 0 Å². The number of fused-ring (bicyclic) bond motifs is 5. The highest BCUT2D eigenvalue weighted by molar-refractivity contribution is 6.12. The van der Waals surface area contributed by atoms with Crippen LogP contribution in [0, 0.1) is 5.92 Å². The van der Waals surface area contributed by atoms with Crippen molar-refractivity contribution in [2.75, 3.05) is 11.9 Å². The number of imide groups is 1. The zero-order chi connectivity index (χ0) is 46.9. The minimum atomic E-state index is -1.95. The number of aliphatic hydroxyl groups is 1. The molecule has 0 spiro atoms. The molecule has 7 amide bonds. The first-order valence-electron chi connectivity index (χ1n) is 22.1. The molecule has 0 fully saturated rings. The first-order chi connectivity index (χ1) is 30.9. The third kappa shape index (κ3) is 9.14. The largest absolute Gasteiger partial charge is 0.458 e. The van der Waals surface area contributed by atoms with Crippen LogP contribution in [0.2, 0.25) is 0 Å². The number of amides is 7. The van der Waals surface area contributed by atoms with Crippen molar-refractivity contribution >= 4 is 63.9 Å². The zero-order valence-electron chi connectivity index (χ0n) is 36.8. The van der Waals surface area contributed by atoms with E-state index in [0.29, 0.717) is 54.7 Å². The van der Waals surface area contributed by atoms with Crippen LogP contribution >= 0.6 is 0 Å². The van der Waals surface area contributed by atoms with Gasteiger partial charge in [0.25, 0.3) is 17.4 Å². The fraction of sp³-hybridized carbons (Fsp3) is 0.478. The molecule has 0 radical (unpaired) electrons. The zero-order valence-corrected chi connectivity index (χ0v) is 36.8. The molecule has 1 unspecified atom stereocenters. The van der Waals surface area contributed by atoms with Crippen molar-refractivity contribution in [3.8, 4) is 11.4 Å². The maximum atomic E-state index is 13.8. The van der Waals surface area contributed by atoms with E-state index in [9.17, 15) is 48.3 Å². The lowest BCUT2D eigenvalue weighted by atomic mass is 9.85. The molecule has 2 aromatic heterocycles. The summed E-state index contributed by atoms with van der Waals surface area (Å²) < 4.78 is 6.81. The average molecular weight is 895 g/mol. The van der Waals surface area contributed by atoms with Crippen molar-refractivity contribution in [2.24, 2.45) is 11.7 Å². The Morgan fingerprint density at radius 2 is 1.60 bits per heavy atom. The molecule has 3 aliphatic heterocycles. The second-order valence-electron chi connectivity index (χ2n) is 17.4. The monoisotopic (exact) mass is 894 g/mol. The second kappa shape index (κ2) is 18.8. The molecule has 1 aromatic carbocycles. The number of nitrogens with zero attached hydrogens (tertiary/aromatic N) is 3. The maximum absolute atomic E-state index is 13.8. The van der Waals surface area contributed by atoms with Gasteiger partial charge in [-0.25, -0.2) is 9.78 Å². The number of primary amides is 1. The van der Waals surface area contributed by atoms with Crippen LogP contribution in [-0.2, 0) is 74.7 Å². The highest BCUT2D eigenvalue weighted by Crippen LogP contribution is 2.43. The number of aryl methyl sites for hydroxylation is 2. The van der Waals surface area contributed by atoms with E-state index in [4.69, 9.17) is 15.5 Å². The van der Waals surface area contributed by atoms with Crippen LogP contribution in [0.15, 0.2) is 35.1 Å². The van der Waals surface area contributed by atoms with E-state index in [-0.39, 0.29) is 73.9 Å². The van der Waals surface area contributed by atoms with E-state index in [2.05, 4.69) is 21.3 Å². The number of nitrogens with one attached hydrogen (secondary N) is 4. The first kappa shape index (κ1) is 46.2. The van der Waals surface area contributed by atoms with Gasteiger partial charge in [0.2, 0.25) is 29.5 Å². The van der Waals surface area contributed by atoms with Crippen LogP contribution in [0.4, 0.5) is 5.69 Å². The number of unbranched alkanes of at least 4 members (excludes halogenated alkanes) is 2. The van der Waals surface area contributed by atoms with Gasteiger partial charge in [0, 0.05) is 53.7 Å². The average Bonchev–Trinajstić information content (AvgIpc) is 3.81. The van der Waals surface area contributed by atoms with Gasteiger partial charge >= 0.3 is 5.97 Å². The summed E-state index contributed by atoms with van der Waals surface area (Å²) in [4.78, 5) is 122. The summed E-state index contributed by atoms with van der Waals surface area (Å²) in [7, 11) is 0. The van der Waals surface area contributed by atoms with Gasteiger partial charge in [-0.3, -0.25) is 43.3 Å². The minimum Gasteiger partial charge on any atom is -0.458 e. The van der Waals surface area contributed by atoms with Crippen molar-refractivity contribution in [1.82, 2.24) is 30.4 Å². The number of hydrogen-bond acceptors (Lipinski definition) is 12. The van der Waals surface area contributed by atoms with E-state index in [1.807, 2.05) is 0 Å². The van der Waals surface area contributed by atoms with Crippen LogP contribution in [0.3, 0.4) is 0 Å². The summed E-state index contributed by atoms with van der Waals surface area (Å²) >= 11 is 0. The molecule has 0 saturated heterocycles. The molecule has 7 rings (SSSR count). The molecule has 19 nitrogen and oxygen atoms in total. The molecule has 19 heteroatoms. The molecule has 5 heterocycles. The lowest BCUT2D eigenvalue weighted by molar-refractivity contribution is -0.172. The summed E-state index contributed by atoms with van der Waals surface area (Å²) in [6, 6.07) is 1.83. The van der Waals surface area contributed by atoms with Crippen molar-refractivity contribution in [2.45, 2.75) is 129 Å². The molecule has 7 N–H and O–H groups in total. The highest BCUT2D eigenvalue weighted by Gasteiger charge is 2.46. The third-order valence-corrected chi connectivity index (χ3v) is 12.7. The number of carbonyl (C=O) groups is 8. The van der Waals surface area contributed by atoms with Gasteiger partial charge in [-0.15, -0.1) is 0 Å². The Morgan fingerprint density at radius 1 is 0.877 bits per heavy atom. The predicted octanol–water partition coefficient (Wildman–Crippen LogP) is 1.39. The van der Waals surface area contributed by atoms with E-state index in [1.54, 1.807) is 43.5 Å². The Bertz CT molecular complexity index is 2600. The van der Waals surface area contributed by atoms with Gasteiger partial charge in [0.1, 0.15) is 24.7 Å². The SMILES string of the molecule is CC[C@@]1(O)C(=O)OCc2c1cc1n(c2=O)Cc2c-1nc1ccc(NC(=O)[C@H](C)NC(=O)[C@@H](NC(=O)C(CCC(N)=O)NC(=O)CCCCCN3C(=O)C=CC3=O)C(C)C)c3c1c2CCC3. The molecule has 1 aliphatic carbocycles. The molecular formula is C46H54N8O11. The summed E-state index contributed by atoms with van der Waals surface area (Å²) in [5.41, 5.74) is 8.52. The maximum Gasteiger partial charge on any atom is 0.343 e. The van der Waals surface area contributed by atoms with Crippen LogP contribution < -0.4 is 32.6 Å². The molecular weight excluding hydrogens is 841 g/mol. The third-order valence-electron chi connectivity index (χ3n) is 12.7. The van der Waals surface area contributed by atoms with Crippen molar-refractivity contribution in [3.63, 3.8) is 0 Å². The van der Waals surface area contributed by atoms with E-state index < -0.39 is 65.1 Å². The van der Waals surface area contributed by atoms with Crippen molar-refractivity contribution in [1.29, 1.82) is 0 Å². The predicted molar refractivity (Wildman–Crippen MR) is 234 cm³/mol. The van der Waals surface area contributed by atoms with Crippen molar-refractivity contribution in [3.05, 3.63) is 68.5 Å². The number of anilines is 1. The van der Waals surface area contributed by atoms with Crippen LogP contribution in [0.1, 0.15) is 107 Å². The Morgan fingerprint density at radius 3 is 2.29 bits per heavy atom. The molecule has 0 bridgehead atoms. The fourth-order valence-corrected chi connectivity index (χ4v) is 9.04. The number of benzene rings is 1. The number of carbonyl (C=O) groups excluding carboxylic acids is 8. The summed E-state index contributed by atoms with van der Waals surface area (Å²) in [6.45, 7) is 6.81. The Labute approximate surface area is 373 Å². The molecule has 344 valence electrons. The van der Waals surface area contributed by atoms with E-state index in [1.165, 1.54) is 19.1 Å². The molecule has 4 atom stereocenters. The summed E-state index contributed by atoms with van der Waals surface area (Å²) in [6.07, 6.45) is 5.63. The Balaban J connectivity index is 1.00.